The highest BCUT2D eigenvalue weighted by Crippen LogP contribution is 2.17. The molecule has 0 aliphatic heterocycles. The van der Waals surface area contributed by atoms with Crippen LogP contribution in [0.2, 0.25) is 0 Å². The van der Waals surface area contributed by atoms with E-state index in [1.807, 2.05) is 54.6 Å². The summed E-state index contributed by atoms with van der Waals surface area (Å²) in [5.74, 6) is 0.409. The van der Waals surface area contributed by atoms with Crippen molar-refractivity contribution in [1.29, 1.82) is 0 Å². The second-order valence-corrected chi connectivity index (χ2v) is 4.41. The molecule has 1 unspecified atom stereocenters. The lowest BCUT2D eigenvalue weighted by atomic mass is 10.1. The summed E-state index contributed by atoms with van der Waals surface area (Å²) in [4.78, 5) is 4.39. The summed E-state index contributed by atoms with van der Waals surface area (Å²) >= 11 is 0. The first-order valence-corrected chi connectivity index (χ1v) is 6.38. The van der Waals surface area contributed by atoms with E-state index in [1.54, 1.807) is 0 Å². The van der Waals surface area contributed by atoms with Crippen molar-refractivity contribution in [2.24, 2.45) is 0 Å². The van der Waals surface area contributed by atoms with Crippen LogP contribution in [0.4, 0.5) is 5.95 Å². The van der Waals surface area contributed by atoms with Gasteiger partial charge in [-0.05, 0) is 17.7 Å². The summed E-state index contributed by atoms with van der Waals surface area (Å²) in [6.45, 7) is -0.0415. The normalized spacial score (nSPS) is 12.2. The fourth-order valence-electron chi connectivity index (χ4n) is 2.02. The highest BCUT2D eigenvalue weighted by molar-refractivity contribution is 5.74. The van der Waals surface area contributed by atoms with E-state index in [0.717, 1.165) is 16.6 Å². The van der Waals surface area contributed by atoms with Crippen LogP contribution in [0.15, 0.2) is 54.6 Å². The smallest absolute Gasteiger partial charge is 0.243 e. The van der Waals surface area contributed by atoms with Crippen LogP contribution >= 0.6 is 0 Å². The predicted octanol–water partition coefficient (Wildman–Crippen LogP) is 2.17. The number of nitrogens with one attached hydrogen (secondary N) is 1. The molecular formula is C15H14N4O. The van der Waals surface area contributed by atoms with E-state index in [0.29, 0.717) is 5.95 Å². The van der Waals surface area contributed by atoms with Crippen LogP contribution in [0.1, 0.15) is 11.6 Å². The van der Waals surface area contributed by atoms with Gasteiger partial charge in [-0.3, -0.25) is 0 Å². The minimum absolute atomic E-state index is 0.0415. The molecule has 0 aliphatic carbocycles. The van der Waals surface area contributed by atoms with Gasteiger partial charge in [0, 0.05) is 0 Å². The molecule has 1 aromatic heterocycles. The van der Waals surface area contributed by atoms with E-state index < -0.39 is 0 Å². The molecule has 2 N–H and O–H groups in total. The van der Waals surface area contributed by atoms with Crippen LogP contribution in [0.25, 0.3) is 11.0 Å². The second-order valence-electron chi connectivity index (χ2n) is 4.41. The SMILES string of the molecule is OCC(Nc1nnc2ccccc2n1)c1ccccc1. The number of anilines is 1. The molecule has 20 heavy (non-hydrogen) atoms. The summed E-state index contributed by atoms with van der Waals surface area (Å²) < 4.78 is 0. The Hall–Kier alpha value is -2.53. The maximum absolute atomic E-state index is 9.52. The van der Waals surface area contributed by atoms with E-state index in [4.69, 9.17) is 0 Å². The molecule has 1 heterocycles. The van der Waals surface area contributed by atoms with Gasteiger partial charge in [-0.15, -0.1) is 10.2 Å². The fourth-order valence-corrected chi connectivity index (χ4v) is 2.02. The Morgan fingerprint density at radius 3 is 2.35 bits per heavy atom. The van der Waals surface area contributed by atoms with Crippen LogP contribution < -0.4 is 5.32 Å². The third-order valence-electron chi connectivity index (χ3n) is 3.05. The van der Waals surface area contributed by atoms with Gasteiger partial charge >= 0.3 is 0 Å². The van der Waals surface area contributed by atoms with E-state index in [2.05, 4.69) is 20.5 Å². The van der Waals surface area contributed by atoms with E-state index >= 15 is 0 Å². The van der Waals surface area contributed by atoms with Crippen molar-refractivity contribution in [1.82, 2.24) is 15.2 Å². The molecule has 5 heteroatoms. The molecule has 5 nitrogen and oxygen atoms in total. The highest BCUT2D eigenvalue weighted by Gasteiger charge is 2.11. The van der Waals surface area contributed by atoms with Gasteiger partial charge in [0.15, 0.2) is 0 Å². The zero-order valence-corrected chi connectivity index (χ0v) is 10.8. The van der Waals surface area contributed by atoms with Gasteiger partial charge in [0.05, 0.1) is 18.2 Å². The molecule has 100 valence electrons. The summed E-state index contributed by atoms with van der Waals surface area (Å²) in [5, 5.41) is 20.8. The number of benzene rings is 2. The molecule has 3 aromatic rings. The van der Waals surface area contributed by atoms with Crippen LogP contribution in [0, 0.1) is 0 Å². The molecular weight excluding hydrogens is 252 g/mol. The number of para-hydroxylation sites is 1. The van der Waals surface area contributed by atoms with Crippen LogP contribution in [-0.4, -0.2) is 26.9 Å². The number of aliphatic hydroxyl groups is 1. The minimum Gasteiger partial charge on any atom is -0.394 e. The van der Waals surface area contributed by atoms with Crippen molar-refractivity contribution >= 4 is 17.0 Å². The number of hydrogen-bond acceptors (Lipinski definition) is 5. The second kappa shape index (κ2) is 5.63. The zero-order valence-electron chi connectivity index (χ0n) is 10.8. The number of nitrogens with zero attached hydrogens (tertiary/aromatic N) is 3. The third-order valence-corrected chi connectivity index (χ3v) is 3.05. The summed E-state index contributed by atoms with van der Waals surface area (Å²) in [6, 6.07) is 17.0. The van der Waals surface area contributed by atoms with Gasteiger partial charge in [-0.25, -0.2) is 4.98 Å². The topological polar surface area (TPSA) is 70.9 Å². The number of aromatic nitrogens is 3. The number of hydrogen-bond donors (Lipinski definition) is 2. The molecule has 2 aromatic carbocycles. The Morgan fingerprint density at radius 2 is 1.60 bits per heavy atom. The molecule has 0 saturated heterocycles. The van der Waals surface area contributed by atoms with Gasteiger partial charge in [0.2, 0.25) is 5.95 Å². The summed E-state index contributed by atoms with van der Waals surface area (Å²) in [6.07, 6.45) is 0. The number of aliphatic hydroxyl groups excluding tert-OH is 1. The first kappa shape index (κ1) is 12.5. The van der Waals surface area contributed by atoms with Crippen LogP contribution in [-0.2, 0) is 0 Å². The summed E-state index contributed by atoms with van der Waals surface area (Å²) in [7, 11) is 0. The minimum atomic E-state index is -0.251. The molecule has 0 radical (unpaired) electrons. The van der Waals surface area contributed by atoms with Gasteiger partial charge in [0.1, 0.15) is 5.52 Å². The Morgan fingerprint density at radius 1 is 0.900 bits per heavy atom. The molecule has 0 spiro atoms. The van der Waals surface area contributed by atoms with Crippen LogP contribution in [0.5, 0.6) is 0 Å². The monoisotopic (exact) mass is 266 g/mol. The van der Waals surface area contributed by atoms with Crippen molar-refractivity contribution in [2.45, 2.75) is 6.04 Å². The maximum Gasteiger partial charge on any atom is 0.243 e. The van der Waals surface area contributed by atoms with Crippen molar-refractivity contribution < 1.29 is 5.11 Å². The van der Waals surface area contributed by atoms with Crippen molar-refractivity contribution in [3.8, 4) is 0 Å². The van der Waals surface area contributed by atoms with Gasteiger partial charge in [-0.1, -0.05) is 42.5 Å². The van der Waals surface area contributed by atoms with Gasteiger partial charge in [0.25, 0.3) is 0 Å². The average Bonchev–Trinajstić information content (AvgIpc) is 2.53. The van der Waals surface area contributed by atoms with Crippen LogP contribution in [0.3, 0.4) is 0 Å². The first-order valence-electron chi connectivity index (χ1n) is 6.38. The standard InChI is InChI=1S/C15H14N4O/c20-10-14(11-6-2-1-3-7-11)17-15-16-12-8-4-5-9-13(12)18-19-15/h1-9,14,20H,10H2,(H,16,17,19). The first-order chi connectivity index (χ1) is 9.86. The molecule has 0 saturated carbocycles. The van der Waals surface area contributed by atoms with E-state index in [9.17, 15) is 5.11 Å². The fraction of sp³-hybridized carbons (Fsp3) is 0.133. The third kappa shape index (κ3) is 2.57. The quantitative estimate of drug-likeness (QED) is 0.757. The lowest BCUT2D eigenvalue weighted by Gasteiger charge is -2.16. The number of rotatable bonds is 4. The largest absolute Gasteiger partial charge is 0.394 e. The van der Waals surface area contributed by atoms with Gasteiger partial charge in [-0.2, -0.15) is 0 Å². The average molecular weight is 266 g/mol. The Labute approximate surface area is 116 Å². The maximum atomic E-state index is 9.52. The van der Waals surface area contributed by atoms with E-state index in [-0.39, 0.29) is 12.6 Å². The Bertz CT molecular complexity index is 702. The zero-order chi connectivity index (χ0) is 13.8. The molecule has 1 atom stereocenters. The predicted molar refractivity (Wildman–Crippen MR) is 77.2 cm³/mol. The summed E-state index contributed by atoms with van der Waals surface area (Å²) in [5.41, 5.74) is 2.50. The Balaban J connectivity index is 1.87. The van der Waals surface area contributed by atoms with E-state index in [1.165, 1.54) is 0 Å². The molecule has 0 amide bonds. The molecule has 0 bridgehead atoms. The molecule has 3 rings (SSSR count). The van der Waals surface area contributed by atoms with Crippen molar-refractivity contribution in [2.75, 3.05) is 11.9 Å². The Kier molecular flexibility index (Phi) is 3.52. The van der Waals surface area contributed by atoms with Crippen molar-refractivity contribution in [3.63, 3.8) is 0 Å². The highest BCUT2D eigenvalue weighted by atomic mass is 16.3. The molecule has 0 fully saturated rings. The van der Waals surface area contributed by atoms with Crippen molar-refractivity contribution in [3.05, 3.63) is 60.2 Å². The lowest BCUT2D eigenvalue weighted by Crippen LogP contribution is -2.16. The lowest BCUT2D eigenvalue weighted by molar-refractivity contribution is 0.276. The van der Waals surface area contributed by atoms with Gasteiger partial charge < -0.3 is 10.4 Å². The number of fused-ring (bicyclic) bond motifs is 1. The molecule has 0 aliphatic rings.